The van der Waals surface area contributed by atoms with E-state index < -0.39 is 5.54 Å². The first-order chi connectivity index (χ1) is 6.46. The van der Waals surface area contributed by atoms with Gasteiger partial charge in [-0.25, -0.2) is 0 Å². The van der Waals surface area contributed by atoms with Gasteiger partial charge in [-0.15, -0.1) is 0 Å². The van der Waals surface area contributed by atoms with Gasteiger partial charge in [0.25, 0.3) is 0 Å². The van der Waals surface area contributed by atoms with Crippen LogP contribution in [-0.2, 0) is 10.3 Å². The second-order valence-corrected chi connectivity index (χ2v) is 5.05. The normalized spacial score (nSPS) is 29.7. The quantitative estimate of drug-likeness (QED) is 0.834. The zero-order valence-electron chi connectivity index (χ0n) is 8.25. The summed E-state index contributed by atoms with van der Waals surface area (Å²) >= 11 is 3.41. The van der Waals surface area contributed by atoms with E-state index in [0.29, 0.717) is 6.61 Å². The topological polar surface area (TPSA) is 48.1 Å². The van der Waals surface area contributed by atoms with Crippen molar-refractivity contribution in [3.8, 4) is 0 Å². The molecule has 2 heterocycles. The average molecular weight is 257 g/mol. The molecule has 1 aromatic heterocycles. The third-order valence-electron chi connectivity index (χ3n) is 2.91. The fraction of sp³-hybridized carbons (Fsp3) is 0.500. The summed E-state index contributed by atoms with van der Waals surface area (Å²) in [5.74, 6) is 0. The van der Waals surface area contributed by atoms with Gasteiger partial charge in [0.2, 0.25) is 0 Å². The number of nitrogens with zero attached hydrogens (tertiary/aromatic N) is 1. The largest absolute Gasteiger partial charge is 0.371 e. The minimum absolute atomic E-state index is 0.333. The Kier molecular flexibility index (Phi) is 2.17. The van der Waals surface area contributed by atoms with Crippen LogP contribution in [0.2, 0.25) is 0 Å². The summed E-state index contributed by atoms with van der Waals surface area (Å²) in [6, 6.07) is 3.84. The van der Waals surface area contributed by atoms with E-state index in [-0.39, 0.29) is 5.60 Å². The van der Waals surface area contributed by atoms with E-state index in [0.717, 1.165) is 10.2 Å². The number of ether oxygens (including phenoxy) is 1. The molecule has 14 heavy (non-hydrogen) atoms. The fourth-order valence-electron chi connectivity index (χ4n) is 1.55. The first kappa shape index (κ1) is 10.1. The molecule has 0 spiro atoms. The van der Waals surface area contributed by atoms with Crippen LogP contribution >= 0.6 is 15.9 Å². The van der Waals surface area contributed by atoms with Gasteiger partial charge in [-0.2, -0.15) is 0 Å². The molecule has 76 valence electrons. The fourth-order valence-corrected chi connectivity index (χ4v) is 1.88. The Bertz CT molecular complexity index is 367. The summed E-state index contributed by atoms with van der Waals surface area (Å²) in [5, 5.41) is 0. The van der Waals surface area contributed by atoms with Crippen LogP contribution < -0.4 is 5.73 Å². The highest BCUT2D eigenvalue weighted by Gasteiger charge is 2.54. The number of nitrogens with two attached hydrogens (primary N) is 1. The molecule has 1 saturated heterocycles. The highest BCUT2D eigenvalue weighted by Crippen LogP contribution is 2.41. The van der Waals surface area contributed by atoms with Crippen molar-refractivity contribution in [3.05, 3.63) is 28.5 Å². The van der Waals surface area contributed by atoms with Crippen molar-refractivity contribution >= 4 is 15.9 Å². The molecule has 1 aliphatic rings. The Morgan fingerprint density at radius 2 is 2.29 bits per heavy atom. The highest BCUT2D eigenvalue weighted by atomic mass is 79.9. The number of halogens is 1. The van der Waals surface area contributed by atoms with Crippen molar-refractivity contribution in [3.63, 3.8) is 0 Å². The van der Waals surface area contributed by atoms with Gasteiger partial charge in [0.15, 0.2) is 0 Å². The van der Waals surface area contributed by atoms with Crippen molar-refractivity contribution in [1.82, 2.24) is 4.98 Å². The molecule has 1 aromatic rings. The third-order valence-corrected chi connectivity index (χ3v) is 3.41. The van der Waals surface area contributed by atoms with E-state index in [9.17, 15) is 0 Å². The lowest BCUT2D eigenvalue weighted by atomic mass is 9.76. The summed E-state index contributed by atoms with van der Waals surface area (Å²) in [5.41, 5.74) is 6.35. The molecule has 0 radical (unpaired) electrons. The molecule has 4 heteroatoms. The summed E-state index contributed by atoms with van der Waals surface area (Å²) < 4.78 is 6.44. The molecule has 2 rings (SSSR count). The molecule has 0 bridgehead atoms. The zero-order valence-corrected chi connectivity index (χ0v) is 9.84. The van der Waals surface area contributed by atoms with Crippen molar-refractivity contribution in [2.24, 2.45) is 5.73 Å². The molecule has 0 amide bonds. The third kappa shape index (κ3) is 1.29. The van der Waals surface area contributed by atoms with Crippen LogP contribution in [0.4, 0.5) is 0 Å². The standard InChI is InChI=1S/C10H13BrN2O/c1-9(2)10(12,6-14-9)8-5-7(11)3-4-13-8/h3-5H,6,12H2,1-2H3. The van der Waals surface area contributed by atoms with E-state index in [2.05, 4.69) is 20.9 Å². The summed E-state index contributed by atoms with van der Waals surface area (Å²) in [6.45, 7) is 4.50. The molecule has 0 aliphatic carbocycles. The smallest absolute Gasteiger partial charge is 0.111 e. The maximum Gasteiger partial charge on any atom is 0.111 e. The number of rotatable bonds is 1. The molecule has 0 aromatic carbocycles. The van der Waals surface area contributed by atoms with Gasteiger partial charge in [0.1, 0.15) is 5.54 Å². The molecule has 0 saturated carbocycles. The monoisotopic (exact) mass is 256 g/mol. The second-order valence-electron chi connectivity index (χ2n) is 4.13. The average Bonchev–Trinajstić information content (AvgIpc) is 2.15. The predicted molar refractivity (Wildman–Crippen MR) is 57.8 cm³/mol. The maximum absolute atomic E-state index is 6.26. The maximum atomic E-state index is 6.26. The van der Waals surface area contributed by atoms with Crippen LogP contribution in [0.25, 0.3) is 0 Å². The minimum atomic E-state index is -0.462. The molecule has 1 fully saturated rings. The van der Waals surface area contributed by atoms with Crippen molar-refractivity contribution in [2.45, 2.75) is 25.0 Å². The summed E-state index contributed by atoms with van der Waals surface area (Å²) in [6.07, 6.45) is 1.75. The Hall–Kier alpha value is -0.450. The summed E-state index contributed by atoms with van der Waals surface area (Å²) in [7, 11) is 0. The van der Waals surface area contributed by atoms with Crippen LogP contribution in [0.3, 0.4) is 0 Å². The van der Waals surface area contributed by atoms with Crippen LogP contribution in [0.5, 0.6) is 0 Å². The first-order valence-electron chi connectivity index (χ1n) is 4.51. The van der Waals surface area contributed by atoms with Crippen LogP contribution in [0.1, 0.15) is 19.5 Å². The molecule has 1 atom stereocenters. The highest BCUT2D eigenvalue weighted by molar-refractivity contribution is 9.10. The first-order valence-corrected chi connectivity index (χ1v) is 5.30. The van der Waals surface area contributed by atoms with Gasteiger partial charge >= 0.3 is 0 Å². The van der Waals surface area contributed by atoms with Gasteiger partial charge in [-0.1, -0.05) is 15.9 Å². The number of hydrogen-bond acceptors (Lipinski definition) is 3. The lowest BCUT2D eigenvalue weighted by molar-refractivity contribution is -0.203. The van der Waals surface area contributed by atoms with Crippen molar-refractivity contribution in [1.29, 1.82) is 0 Å². The van der Waals surface area contributed by atoms with E-state index in [1.165, 1.54) is 0 Å². The SMILES string of the molecule is CC1(C)OCC1(N)c1cc(Br)ccn1. The Balaban J connectivity index is 2.40. The van der Waals surface area contributed by atoms with Crippen LogP contribution in [0, 0.1) is 0 Å². The van der Waals surface area contributed by atoms with E-state index >= 15 is 0 Å². The number of aromatic nitrogens is 1. The van der Waals surface area contributed by atoms with Crippen LogP contribution in [0.15, 0.2) is 22.8 Å². The molecule has 3 nitrogen and oxygen atoms in total. The Morgan fingerprint density at radius 1 is 1.57 bits per heavy atom. The van der Waals surface area contributed by atoms with Gasteiger partial charge < -0.3 is 10.5 Å². The van der Waals surface area contributed by atoms with Gasteiger partial charge in [-0.3, -0.25) is 4.98 Å². The van der Waals surface area contributed by atoms with Crippen molar-refractivity contribution in [2.75, 3.05) is 6.61 Å². The lowest BCUT2D eigenvalue weighted by Gasteiger charge is -2.52. The van der Waals surface area contributed by atoms with Crippen LogP contribution in [-0.4, -0.2) is 17.2 Å². The second kappa shape index (κ2) is 3.02. The van der Waals surface area contributed by atoms with E-state index in [4.69, 9.17) is 10.5 Å². The molecule has 1 unspecified atom stereocenters. The molecular formula is C10H13BrN2O. The van der Waals surface area contributed by atoms with Gasteiger partial charge in [0, 0.05) is 10.7 Å². The lowest BCUT2D eigenvalue weighted by Crippen LogP contribution is -2.68. The predicted octanol–water partition coefficient (Wildman–Crippen LogP) is 1.81. The Labute approximate surface area is 91.8 Å². The van der Waals surface area contributed by atoms with E-state index in [1.807, 2.05) is 26.0 Å². The number of pyridine rings is 1. The van der Waals surface area contributed by atoms with Gasteiger partial charge in [0.05, 0.1) is 17.9 Å². The molecule has 1 aliphatic heterocycles. The molecular weight excluding hydrogens is 244 g/mol. The van der Waals surface area contributed by atoms with E-state index in [1.54, 1.807) is 6.20 Å². The Morgan fingerprint density at radius 3 is 2.71 bits per heavy atom. The zero-order chi connectivity index (χ0) is 10.4. The summed E-state index contributed by atoms with van der Waals surface area (Å²) in [4.78, 5) is 4.29. The minimum Gasteiger partial charge on any atom is -0.371 e. The molecule has 2 N–H and O–H groups in total. The van der Waals surface area contributed by atoms with Gasteiger partial charge in [-0.05, 0) is 26.0 Å². The number of hydrogen-bond donors (Lipinski definition) is 1. The van der Waals surface area contributed by atoms with Crippen molar-refractivity contribution < 1.29 is 4.74 Å².